The van der Waals surface area contributed by atoms with Crippen molar-refractivity contribution in [2.75, 3.05) is 23.3 Å². The van der Waals surface area contributed by atoms with E-state index < -0.39 is 42.1 Å². The Hall–Kier alpha value is -4.27. The number of amides is 1. The summed E-state index contributed by atoms with van der Waals surface area (Å²) in [6.07, 6.45) is -4.01. The van der Waals surface area contributed by atoms with Crippen LogP contribution < -0.4 is 10.2 Å². The number of rotatable bonds is 6. The third-order valence-corrected chi connectivity index (χ3v) is 7.98. The van der Waals surface area contributed by atoms with Crippen LogP contribution >= 0.6 is 0 Å². The van der Waals surface area contributed by atoms with Gasteiger partial charge >= 0.3 is 12.1 Å². The van der Waals surface area contributed by atoms with Crippen LogP contribution in [0.4, 0.5) is 38.0 Å². The lowest BCUT2D eigenvalue weighted by Crippen LogP contribution is -2.47. The van der Waals surface area contributed by atoms with Crippen molar-refractivity contribution < 1.29 is 35.9 Å². The fourth-order valence-corrected chi connectivity index (χ4v) is 5.79. The summed E-state index contributed by atoms with van der Waals surface area (Å²) in [6.45, 7) is 6.30. The number of hydrogen-bond donors (Lipinski definition) is 1. The van der Waals surface area contributed by atoms with Crippen LogP contribution in [0.5, 0.6) is 0 Å². The van der Waals surface area contributed by atoms with Gasteiger partial charge in [0.2, 0.25) is 5.91 Å². The molecular weight excluding hydrogens is 592 g/mol. The van der Waals surface area contributed by atoms with Crippen LogP contribution in [-0.2, 0) is 21.4 Å². The Morgan fingerprint density at radius 1 is 1.05 bits per heavy atom. The molecule has 2 aliphatic rings. The van der Waals surface area contributed by atoms with E-state index in [1.54, 1.807) is 6.92 Å². The molecule has 0 radical (unpaired) electrons. The van der Waals surface area contributed by atoms with Crippen molar-refractivity contribution >= 4 is 23.2 Å². The molecular formula is C29H27F6N7O2. The normalized spacial score (nSPS) is 22.4. The van der Waals surface area contributed by atoms with E-state index in [1.165, 1.54) is 47.3 Å². The largest absolute Gasteiger partial charge is 0.453 e. The van der Waals surface area contributed by atoms with Gasteiger partial charge in [-0.2, -0.15) is 22.0 Å². The molecule has 0 bridgehead atoms. The Bertz CT molecular complexity index is 1730. The first-order valence-corrected chi connectivity index (χ1v) is 13.9. The third kappa shape index (κ3) is 5.02. The highest BCUT2D eigenvalue weighted by Crippen LogP contribution is 2.47. The van der Waals surface area contributed by atoms with E-state index in [0.29, 0.717) is 30.0 Å². The molecule has 1 N–H and O–H groups in total. The summed E-state index contributed by atoms with van der Waals surface area (Å²) in [4.78, 5) is 33.4. The summed E-state index contributed by atoms with van der Waals surface area (Å²) in [6, 6.07) is 5.55. The molecule has 1 aromatic carbocycles. The summed E-state index contributed by atoms with van der Waals surface area (Å²) in [5.74, 6) is -5.25. The van der Waals surface area contributed by atoms with Crippen LogP contribution in [0.1, 0.15) is 44.0 Å². The number of benzene rings is 1. The molecule has 0 aliphatic carbocycles. The number of morpholine rings is 1. The smallest absolute Gasteiger partial charge is 0.372 e. The van der Waals surface area contributed by atoms with Gasteiger partial charge in [0, 0.05) is 38.1 Å². The fourth-order valence-electron chi connectivity index (χ4n) is 5.79. The monoisotopic (exact) mass is 619 g/mol. The van der Waals surface area contributed by atoms with Crippen LogP contribution in [-0.4, -0.2) is 67.6 Å². The predicted molar refractivity (Wildman–Crippen MR) is 147 cm³/mol. The number of ether oxygens (including phenoxy) is 1. The van der Waals surface area contributed by atoms with Crippen molar-refractivity contribution in [3.63, 3.8) is 0 Å². The molecule has 1 saturated heterocycles. The summed E-state index contributed by atoms with van der Waals surface area (Å²) in [5.41, 5.74) is -0.265. The van der Waals surface area contributed by atoms with Crippen molar-refractivity contribution in [2.45, 2.75) is 63.3 Å². The van der Waals surface area contributed by atoms with Crippen molar-refractivity contribution in [2.24, 2.45) is 0 Å². The summed E-state index contributed by atoms with van der Waals surface area (Å²) in [7, 11) is 0. The first-order chi connectivity index (χ1) is 20.7. The molecule has 1 amide bonds. The number of hydrogen-bond acceptors (Lipinski definition) is 7. The highest BCUT2D eigenvalue weighted by Gasteiger charge is 2.56. The molecule has 0 saturated carbocycles. The molecule has 0 spiro atoms. The molecule has 3 aromatic heterocycles. The average molecular weight is 620 g/mol. The van der Waals surface area contributed by atoms with Gasteiger partial charge < -0.3 is 19.4 Å². The highest BCUT2D eigenvalue weighted by atomic mass is 19.4. The van der Waals surface area contributed by atoms with Crippen molar-refractivity contribution in [1.29, 1.82) is 0 Å². The zero-order valence-corrected chi connectivity index (χ0v) is 23.8. The molecule has 2 aliphatic heterocycles. The number of carbonyl (C=O) groups is 1. The zero-order chi connectivity index (χ0) is 31.6. The van der Waals surface area contributed by atoms with Gasteiger partial charge in [0.15, 0.2) is 11.5 Å². The number of fused-ring (bicyclic) bond motifs is 2. The first kappa shape index (κ1) is 29.8. The third-order valence-electron chi connectivity index (χ3n) is 7.98. The number of aromatic nitrogens is 5. The molecule has 44 heavy (non-hydrogen) atoms. The van der Waals surface area contributed by atoms with E-state index in [0.717, 1.165) is 0 Å². The van der Waals surface area contributed by atoms with Gasteiger partial charge in [0.05, 0.1) is 23.5 Å². The molecule has 6 rings (SSSR count). The Kier molecular flexibility index (Phi) is 7.06. The van der Waals surface area contributed by atoms with E-state index in [4.69, 9.17) is 9.72 Å². The van der Waals surface area contributed by atoms with Gasteiger partial charge in [-0.3, -0.25) is 4.79 Å². The maximum atomic E-state index is 13.8. The van der Waals surface area contributed by atoms with E-state index in [1.807, 2.05) is 18.7 Å². The molecule has 5 heterocycles. The van der Waals surface area contributed by atoms with Crippen molar-refractivity contribution in [3.8, 4) is 11.5 Å². The number of aryl methyl sites for hydroxylation is 1. The van der Waals surface area contributed by atoms with Crippen molar-refractivity contribution in [3.05, 3.63) is 65.5 Å². The van der Waals surface area contributed by atoms with Gasteiger partial charge in [-0.15, -0.1) is 0 Å². The van der Waals surface area contributed by atoms with E-state index >= 15 is 0 Å². The number of anilines is 2. The minimum atomic E-state index is -5.71. The molecule has 232 valence electrons. The number of halogens is 6. The lowest BCUT2D eigenvalue weighted by Gasteiger charge is -2.38. The zero-order valence-electron chi connectivity index (χ0n) is 23.8. The molecule has 1 fully saturated rings. The van der Waals surface area contributed by atoms with Crippen LogP contribution in [0.3, 0.4) is 0 Å². The quantitative estimate of drug-likeness (QED) is 0.292. The van der Waals surface area contributed by atoms with Crippen LogP contribution in [0.2, 0.25) is 0 Å². The minimum Gasteiger partial charge on any atom is -0.372 e. The molecule has 3 atom stereocenters. The topological polar surface area (TPSA) is 97.5 Å². The second kappa shape index (κ2) is 10.4. The number of nitrogens with one attached hydrogen (secondary N) is 1. The SMILES string of the molecule is C[C@@H]1CN(c2nc(-c3cn4ccnc4c(CCC(F)(F)C(F)(F)F)n3)nc3c2C(C)(c2ccc(F)cc2)C(=O)N3)C[C@H](C)O1. The van der Waals surface area contributed by atoms with Crippen LogP contribution in [0, 0.1) is 5.82 Å². The van der Waals surface area contributed by atoms with Gasteiger partial charge in [-0.05, 0) is 44.9 Å². The molecule has 9 nitrogen and oxygen atoms in total. The van der Waals surface area contributed by atoms with Crippen LogP contribution in [0.25, 0.3) is 17.2 Å². The summed E-state index contributed by atoms with van der Waals surface area (Å²) in [5, 5.41) is 2.81. The number of nitrogens with zero attached hydrogens (tertiary/aromatic N) is 6. The lowest BCUT2D eigenvalue weighted by atomic mass is 9.77. The average Bonchev–Trinajstić information content (AvgIpc) is 3.53. The van der Waals surface area contributed by atoms with Gasteiger partial charge in [0.1, 0.15) is 28.6 Å². The minimum absolute atomic E-state index is 0.00800. The maximum absolute atomic E-state index is 13.8. The number of alkyl halides is 5. The maximum Gasteiger partial charge on any atom is 0.453 e. The van der Waals surface area contributed by atoms with E-state index in [9.17, 15) is 31.1 Å². The van der Waals surface area contributed by atoms with Crippen LogP contribution in [0.15, 0.2) is 42.9 Å². The fraction of sp³-hybridized carbons (Fsp3) is 0.414. The first-order valence-electron chi connectivity index (χ1n) is 13.9. The summed E-state index contributed by atoms with van der Waals surface area (Å²) >= 11 is 0. The molecule has 15 heteroatoms. The Balaban J connectivity index is 1.50. The highest BCUT2D eigenvalue weighted by molar-refractivity contribution is 6.09. The van der Waals surface area contributed by atoms with E-state index in [2.05, 4.69) is 20.3 Å². The van der Waals surface area contributed by atoms with Crippen molar-refractivity contribution in [1.82, 2.24) is 24.3 Å². The van der Waals surface area contributed by atoms with Gasteiger partial charge in [-0.25, -0.2) is 24.3 Å². The summed E-state index contributed by atoms with van der Waals surface area (Å²) < 4.78 is 87.5. The molecule has 1 unspecified atom stereocenters. The standard InChI is InChI=1S/C29H27F6N7O2/c1-15-12-42(13-16(2)44-15)25-21-23(40-26(43)27(21,3)17-4-6-18(30)7-5-17)38-22(39-25)20-14-41-11-10-36-24(41)19(37-20)8-9-28(31,32)29(33,34)35/h4-7,10-11,14-16H,8-9,12-13H2,1-3H3,(H,38,39,40,43)/t15-,16+,27?. The Labute approximate surface area is 247 Å². The Morgan fingerprint density at radius 3 is 2.39 bits per heavy atom. The number of carbonyl (C=O) groups excluding carboxylic acids is 1. The Morgan fingerprint density at radius 2 is 1.73 bits per heavy atom. The van der Waals surface area contributed by atoms with Gasteiger partial charge in [0.25, 0.3) is 0 Å². The van der Waals surface area contributed by atoms with E-state index in [-0.39, 0.29) is 40.9 Å². The second-order valence-corrected chi connectivity index (χ2v) is 11.3. The lowest BCUT2D eigenvalue weighted by molar-refractivity contribution is -0.284. The second-order valence-electron chi connectivity index (χ2n) is 11.3. The predicted octanol–water partition coefficient (Wildman–Crippen LogP) is 5.33. The van der Waals surface area contributed by atoms with Gasteiger partial charge in [-0.1, -0.05) is 12.1 Å². The molecule has 4 aromatic rings. The number of imidazole rings is 1.